The fourth-order valence-corrected chi connectivity index (χ4v) is 7.97. The number of ether oxygens (including phenoxy) is 1. The van der Waals surface area contributed by atoms with Crippen molar-refractivity contribution < 1.29 is 23.9 Å². The van der Waals surface area contributed by atoms with Gasteiger partial charge in [0.05, 0.1) is 5.56 Å². The molecule has 0 radical (unpaired) electrons. The first-order valence-electron chi connectivity index (χ1n) is 13.1. The number of carbonyl (C=O) groups is 4. The summed E-state index contributed by atoms with van der Waals surface area (Å²) in [4.78, 5) is 49.6. The van der Waals surface area contributed by atoms with Crippen LogP contribution in [0.4, 0.5) is 5.69 Å². The van der Waals surface area contributed by atoms with Gasteiger partial charge in [0.2, 0.25) is 5.91 Å². The molecule has 5 rings (SSSR count). The lowest BCUT2D eigenvalue weighted by Gasteiger charge is -2.58. The molecule has 2 saturated carbocycles. The average molecular weight is 490 g/mol. The van der Waals surface area contributed by atoms with Crippen LogP contribution in [-0.2, 0) is 19.1 Å². The average Bonchev–Trinajstić information content (AvgIpc) is 3.16. The van der Waals surface area contributed by atoms with Crippen LogP contribution in [0.3, 0.4) is 0 Å². The van der Waals surface area contributed by atoms with Gasteiger partial charge in [-0.15, -0.1) is 0 Å². The van der Waals surface area contributed by atoms with E-state index in [1.807, 2.05) is 0 Å². The smallest absolute Gasteiger partial charge is 0.338 e. The second-order valence-corrected chi connectivity index (χ2v) is 11.7. The van der Waals surface area contributed by atoms with Crippen LogP contribution in [0.5, 0.6) is 0 Å². The van der Waals surface area contributed by atoms with Gasteiger partial charge >= 0.3 is 5.97 Å². The molecule has 0 bridgehead atoms. The van der Waals surface area contributed by atoms with Crippen molar-refractivity contribution >= 4 is 29.1 Å². The summed E-state index contributed by atoms with van der Waals surface area (Å²) in [7, 11) is 0. The number of fused-ring (bicyclic) bond motifs is 5. The summed E-state index contributed by atoms with van der Waals surface area (Å²) in [5, 5.41) is 2.71. The number of amides is 1. The normalized spacial score (nSPS) is 36.7. The summed E-state index contributed by atoms with van der Waals surface area (Å²) in [5.74, 6) is 0.331. The van der Waals surface area contributed by atoms with Crippen molar-refractivity contribution in [2.24, 2.45) is 34.5 Å². The van der Waals surface area contributed by atoms with Crippen LogP contribution in [0.1, 0.15) is 70.2 Å². The Balaban J connectivity index is 1.50. The van der Waals surface area contributed by atoms with Gasteiger partial charge in [-0.2, -0.15) is 0 Å². The third-order valence-corrected chi connectivity index (χ3v) is 9.62. The molecule has 4 aliphatic carbocycles. The Morgan fingerprint density at radius 2 is 1.78 bits per heavy atom. The lowest BCUT2D eigenvalue weighted by atomic mass is 9.47. The topological polar surface area (TPSA) is 89.5 Å². The molecule has 4 aliphatic rings. The number of benzene rings is 1. The van der Waals surface area contributed by atoms with E-state index in [0.29, 0.717) is 30.0 Å². The van der Waals surface area contributed by atoms with Gasteiger partial charge in [0.25, 0.3) is 0 Å². The first-order chi connectivity index (χ1) is 17.0. The number of rotatable bonds is 4. The fraction of sp³-hybridized carbons (Fsp3) is 0.533. The molecule has 0 aromatic heterocycles. The molecule has 1 amide bonds. The highest BCUT2D eigenvalue weighted by atomic mass is 16.5. The molecular weight excluding hydrogens is 454 g/mol. The highest BCUT2D eigenvalue weighted by molar-refractivity contribution is 5.93. The SMILES string of the molecule is CC(=O)Nc1ccc(C(=O)O[C@H]2C[C@]3(C)[C@@H](C(C)=O)CC[C@H]3[C@@H]3C=CC4=CC(=O)CC[C@@]4(C)[C@@H]32)cc1. The number of esters is 1. The van der Waals surface area contributed by atoms with E-state index in [1.165, 1.54) is 6.92 Å². The Morgan fingerprint density at radius 1 is 1.06 bits per heavy atom. The molecule has 6 nitrogen and oxygen atoms in total. The monoisotopic (exact) mass is 489 g/mol. The van der Waals surface area contributed by atoms with Gasteiger partial charge in [-0.3, -0.25) is 14.4 Å². The molecule has 2 fully saturated rings. The van der Waals surface area contributed by atoms with Gasteiger partial charge < -0.3 is 10.1 Å². The van der Waals surface area contributed by atoms with Gasteiger partial charge in [0.15, 0.2) is 5.78 Å². The molecule has 1 aromatic carbocycles. The number of hydrogen-bond acceptors (Lipinski definition) is 5. The Kier molecular flexibility index (Phi) is 6.05. The second-order valence-electron chi connectivity index (χ2n) is 11.7. The fourth-order valence-electron chi connectivity index (χ4n) is 7.97. The third-order valence-electron chi connectivity index (χ3n) is 9.62. The highest BCUT2D eigenvalue weighted by Gasteiger charge is 2.63. The lowest BCUT2D eigenvalue weighted by molar-refractivity contribution is -0.136. The zero-order valence-corrected chi connectivity index (χ0v) is 21.5. The molecular formula is C30H35NO5. The Morgan fingerprint density at radius 3 is 2.44 bits per heavy atom. The number of Topliss-reactive ketones (excluding diaryl/α,β-unsaturated/α-hetero) is 1. The summed E-state index contributed by atoms with van der Waals surface area (Å²) in [6.45, 7) is 7.55. The van der Waals surface area contributed by atoms with Gasteiger partial charge in [-0.05, 0) is 91.2 Å². The highest BCUT2D eigenvalue weighted by Crippen LogP contribution is 2.65. The van der Waals surface area contributed by atoms with Gasteiger partial charge in [-0.1, -0.05) is 26.0 Å². The van der Waals surface area contributed by atoms with E-state index in [2.05, 4.69) is 31.3 Å². The van der Waals surface area contributed by atoms with Gasteiger partial charge in [0, 0.05) is 30.9 Å². The minimum atomic E-state index is -0.400. The molecule has 0 unspecified atom stereocenters. The summed E-state index contributed by atoms with van der Waals surface area (Å²) >= 11 is 0. The summed E-state index contributed by atoms with van der Waals surface area (Å²) in [5.41, 5.74) is 1.58. The van der Waals surface area contributed by atoms with E-state index in [-0.39, 0.29) is 52.2 Å². The van der Waals surface area contributed by atoms with Crippen LogP contribution in [0.15, 0.2) is 48.1 Å². The van der Waals surface area contributed by atoms with E-state index < -0.39 is 5.97 Å². The number of allylic oxidation sites excluding steroid dienone is 4. The lowest BCUT2D eigenvalue weighted by Crippen LogP contribution is -2.56. The third kappa shape index (κ3) is 3.95. The standard InChI is InChI=1S/C30H35NO5/c1-17(32)24-11-12-25-23-10-7-20-15-22(34)13-14-29(20,3)27(23)26(16-30(24,25)4)36-28(35)19-5-8-21(9-6-19)31-18(2)33/h5-10,15,23-27H,11-14,16H2,1-4H3,(H,31,33)/t23-,24+,25-,26-,27-,29+,30+/m0/s1. The Bertz CT molecular complexity index is 1180. The zero-order valence-electron chi connectivity index (χ0n) is 21.5. The van der Waals surface area contributed by atoms with Crippen molar-refractivity contribution in [2.45, 2.75) is 65.9 Å². The van der Waals surface area contributed by atoms with Gasteiger partial charge in [0.1, 0.15) is 11.9 Å². The van der Waals surface area contributed by atoms with Crippen molar-refractivity contribution in [3.63, 3.8) is 0 Å². The predicted octanol–water partition coefficient (Wildman–Crippen LogP) is 5.29. The number of ketones is 2. The van der Waals surface area contributed by atoms with Crippen molar-refractivity contribution in [3.8, 4) is 0 Å². The van der Waals surface area contributed by atoms with E-state index in [4.69, 9.17) is 4.74 Å². The number of carbonyl (C=O) groups excluding carboxylic acids is 4. The molecule has 7 atom stereocenters. The molecule has 6 heteroatoms. The van der Waals surface area contributed by atoms with E-state index in [0.717, 1.165) is 24.8 Å². The van der Waals surface area contributed by atoms with E-state index in [9.17, 15) is 19.2 Å². The predicted molar refractivity (Wildman–Crippen MR) is 136 cm³/mol. The maximum absolute atomic E-state index is 13.4. The van der Waals surface area contributed by atoms with Crippen molar-refractivity contribution in [3.05, 3.63) is 53.6 Å². The molecule has 0 aliphatic heterocycles. The van der Waals surface area contributed by atoms with Crippen molar-refractivity contribution in [1.82, 2.24) is 0 Å². The molecule has 0 spiro atoms. The largest absolute Gasteiger partial charge is 0.458 e. The van der Waals surface area contributed by atoms with Crippen LogP contribution in [0.2, 0.25) is 0 Å². The van der Waals surface area contributed by atoms with Crippen LogP contribution in [-0.4, -0.2) is 29.5 Å². The number of anilines is 1. The second kappa shape index (κ2) is 8.82. The van der Waals surface area contributed by atoms with Crippen LogP contribution in [0, 0.1) is 34.5 Å². The van der Waals surface area contributed by atoms with Crippen molar-refractivity contribution in [1.29, 1.82) is 0 Å². The zero-order chi connectivity index (χ0) is 25.8. The summed E-state index contributed by atoms with van der Waals surface area (Å²) < 4.78 is 6.33. The van der Waals surface area contributed by atoms with E-state index >= 15 is 0 Å². The Hall–Kier alpha value is -3.02. The molecule has 1 aromatic rings. The Labute approximate surface area is 212 Å². The minimum Gasteiger partial charge on any atom is -0.458 e. The number of nitrogens with one attached hydrogen (secondary N) is 1. The minimum absolute atomic E-state index is 0.0346. The maximum atomic E-state index is 13.4. The van der Waals surface area contributed by atoms with Crippen LogP contribution in [0.25, 0.3) is 0 Å². The van der Waals surface area contributed by atoms with Crippen LogP contribution < -0.4 is 5.32 Å². The van der Waals surface area contributed by atoms with E-state index in [1.54, 1.807) is 37.3 Å². The number of hydrogen-bond donors (Lipinski definition) is 1. The molecule has 0 saturated heterocycles. The maximum Gasteiger partial charge on any atom is 0.338 e. The summed E-state index contributed by atoms with van der Waals surface area (Å²) in [6.07, 6.45) is 9.49. The van der Waals surface area contributed by atoms with Gasteiger partial charge in [-0.25, -0.2) is 4.79 Å². The molecule has 1 N–H and O–H groups in total. The molecule has 0 heterocycles. The summed E-state index contributed by atoms with van der Waals surface area (Å²) in [6, 6.07) is 6.72. The van der Waals surface area contributed by atoms with Crippen molar-refractivity contribution in [2.75, 3.05) is 5.32 Å². The quantitative estimate of drug-likeness (QED) is 0.580. The first kappa shape index (κ1) is 24.7. The molecule has 36 heavy (non-hydrogen) atoms. The first-order valence-corrected chi connectivity index (χ1v) is 13.1. The molecule has 190 valence electrons. The van der Waals surface area contributed by atoms with Crippen LogP contribution >= 0.6 is 0 Å².